The molecular weight excluding hydrogens is 400 g/mol. The molecule has 160 valence electrons. The van der Waals surface area contributed by atoms with Crippen LogP contribution in [-0.2, 0) is 10.0 Å². The molecule has 7 nitrogen and oxygen atoms in total. The number of sulfonamides is 1. The van der Waals surface area contributed by atoms with Crippen molar-refractivity contribution >= 4 is 27.0 Å². The van der Waals surface area contributed by atoms with Crippen LogP contribution in [0, 0.1) is 5.92 Å². The highest BCUT2D eigenvalue weighted by molar-refractivity contribution is 7.89. The van der Waals surface area contributed by atoms with E-state index in [9.17, 15) is 13.2 Å². The summed E-state index contributed by atoms with van der Waals surface area (Å²) >= 11 is 0. The van der Waals surface area contributed by atoms with Crippen molar-refractivity contribution in [2.75, 3.05) is 13.1 Å². The number of carbonyl (C=O) groups excluding carboxylic acids is 1. The van der Waals surface area contributed by atoms with E-state index in [2.05, 4.69) is 15.3 Å². The van der Waals surface area contributed by atoms with Crippen LogP contribution >= 0.6 is 0 Å². The minimum absolute atomic E-state index is 0.0806. The molecule has 1 atom stereocenters. The molecule has 0 radical (unpaired) electrons. The van der Waals surface area contributed by atoms with Gasteiger partial charge in [-0.05, 0) is 36.2 Å². The molecule has 1 unspecified atom stereocenters. The van der Waals surface area contributed by atoms with E-state index < -0.39 is 10.0 Å². The summed E-state index contributed by atoms with van der Waals surface area (Å²) in [4.78, 5) is 21.0. The minimum atomic E-state index is -3.64. The largest absolute Gasteiger partial charge is 0.342 e. The van der Waals surface area contributed by atoms with Gasteiger partial charge in [-0.1, -0.05) is 45.9 Å². The van der Waals surface area contributed by atoms with Crippen molar-refractivity contribution in [1.29, 1.82) is 0 Å². The average Bonchev–Trinajstić information content (AvgIpc) is 3.16. The number of hydrogen-bond donors (Lipinski definition) is 2. The number of aromatic amines is 1. The highest BCUT2D eigenvalue weighted by Crippen LogP contribution is 2.23. The zero-order valence-electron chi connectivity index (χ0n) is 17.7. The lowest BCUT2D eigenvalue weighted by atomic mass is 10.0. The molecule has 1 aromatic heterocycles. The van der Waals surface area contributed by atoms with Crippen molar-refractivity contribution < 1.29 is 13.2 Å². The summed E-state index contributed by atoms with van der Waals surface area (Å²) in [6, 6.07) is 13.5. The maximum atomic E-state index is 13.0. The van der Waals surface area contributed by atoms with Gasteiger partial charge in [0.05, 0.1) is 22.0 Å². The molecule has 1 amide bonds. The predicted molar refractivity (Wildman–Crippen MR) is 118 cm³/mol. The van der Waals surface area contributed by atoms with Gasteiger partial charge < -0.3 is 10.3 Å². The van der Waals surface area contributed by atoms with Crippen molar-refractivity contribution in [1.82, 2.24) is 19.6 Å². The van der Waals surface area contributed by atoms with E-state index in [0.717, 1.165) is 11.0 Å². The van der Waals surface area contributed by atoms with Gasteiger partial charge >= 0.3 is 0 Å². The molecule has 0 aliphatic rings. The van der Waals surface area contributed by atoms with E-state index >= 15 is 0 Å². The van der Waals surface area contributed by atoms with Crippen LogP contribution in [0.25, 0.3) is 11.0 Å². The summed E-state index contributed by atoms with van der Waals surface area (Å²) in [6.45, 7) is 8.32. The number of rotatable bonds is 8. The third-order valence-electron chi connectivity index (χ3n) is 5.09. The molecule has 0 saturated carbocycles. The molecule has 0 spiro atoms. The fourth-order valence-corrected chi connectivity index (χ4v) is 4.91. The van der Waals surface area contributed by atoms with Crippen LogP contribution < -0.4 is 5.32 Å². The summed E-state index contributed by atoms with van der Waals surface area (Å²) in [5.74, 6) is 0.411. The van der Waals surface area contributed by atoms with E-state index in [0.29, 0.717) is 24.5 Å². The molecule has 0 fully saturated rings. The second kappa shape index (κ2) is 8.97. The van der Waals surface area contributed by atoms with Crippen LogP contribution in [0.3, 0.4) is 0 Å². The van der Waals surface area contributed by atoms with Gasteiger partial charge in [0.1, 0.15) is 5.82 Å². The Morgan fingerprint density at radius 2 is 1.80 bits per heavy atom. The first-order valence-corrected chi connectivity index (χ1v) is 11.6. The molecule has 0 aliphatic carbocycles. The zero-order chi connectivity index (χ0) is 21.9. The topological polar surface area (TPSA) is 95.2 Å². The van der Waals surface area contributed by atoms with Crippen molar-refractivity contribution in [3.8, 4) is 0 Å². The normalized spacial score (nSPS) is 13.1. The lowest BCUT2D eigenvalue weighted by Gasteiger charge is -2.21. The van der Waals surface area contributed by atoms with Crippen molar-refractivity contribution in [3.05, 3.63) is 59.9 Å². The van der Waals surface area contributed by atoms with Crippen LogP contribution in [0.4, 0.5) is 0 Å². The van der Waals surface area contributed by atoms with Gasteiger partial charge in [0.15, 0.2) is 0 Å². The lowest BCUT2D eigenvalue weighted by molar-refractivity contribution is 0.0923. The number of aromatic nitrogens is 2. The molecular formula is C22H28N4O3S. The Morgan fingerprint density at radius 1 is 1.10 bits per heavy atom. The van der Waals surface area contributed by atoms with Gasteiger partial charge in [-0.15, -0.1) is 0 Å². The first kappa shape index (κ1) is 22.0. The van der Waals surface area contributed by atoms with Gasteiger partial charge in [-0.3, -0.25) is 4.79 Å². The van der Waals surface area contributed by atoms with E-state index in [4.69, 9.17) is 0 Å². The van der Waals surface area contributed by atoms with Gasteiger partial charge in [-0.2, -0.15) is 4.31 Å². The molecule has 1 heterocycles. The average molecular weight is 429 g/mol. The fourth-order valence-electron chi connectivity index (χ4n) is 3.41. The number of benzene rings is 2. The highest BCUT2D eigenvalue weighted by atomic mass is 32.2. The second-order valence-electron chi connectivity index (χ2n) is 7.45. The summed E-state index contributed by atoms with van der Waals surface area (Å²) in [5, 5.41) is 3.00. The summed E-state index contributed by atoms with van der Waals surface area (Å²) in [5.41, 5.74) is 2.03. The summed E-state index contributed by atoms with van der Waals surface area (Å²) in [7, 11) is -3.64. The lowest BCUT2D eigenvalue weighted by Crippen LogP contribution is -2.33. The van der Waals surface area contributed by atoms with E-state index in [1.54, 1.807) is 26.0 Å². The Hall–Kier alpha value is -2.71. The minimum Gasteiger partial charge on any atom is -0.342 e. The maximum absolute atomic E-state index is 13.0. The van der Waals surface area contributed by atoms with Gasteiger partial charge in [0, 0.05) is 18.7 Å². The molecule has 0 saturated heterocycles. The standard InChI is InChI=1S/C22H28N4O3S/c1-5-26(6-2)30(28,29)17-11-9-10-16(14-17)22(27)25-20(15(3)4)21-23-18-12-7-8-13-19(18)24-21/h7-15,20H,5-6H2,1-4H3,(H,23,24)(H,25,27). The number of imidazole rings is 1. The van der Waals surface area contributed by atoms with Crippen LogP contribution in [0.1, 0.15) is 49.9 Å². The number of nitrogens with one attached hydrogen (secondary N) is 2. The number of fused-ring (bicyclic) bond motifs is 1. The second-order valence-corrected chi connectivity index (χ2v) is 9.39. The number of hydrogen-bond acceptors (Lipinski definition) is 4. The number of amides is 1. The molecule has 2 aromatic carbocycles. The molecule has 0 bridgehead atoms. The van der Waals surface area contributed by atoms with Crippen LogP contribution in [0.5, 0.6) is 0 Å². The van der Waals surface area contributed by atoms with Gasteiger partial charge in [-0.25, -0.2) is 13.4 Å². The smallest absolute Gasteiger partial charge is 0.251 e. The molecule has 8 heteroatoms. The summed E-state index contributed by atoms with van der Waals surface area (Å²) < 4.78 is 27.0. The zero-order valence-corrected chi connectivity index (χ0v) is 18.5. The van der Waals surface area contributed by atoms with Crippen molar-refractivity contribution in [2.24, 2.45) is 5.92 Å². The molecule has 3 rings (SSSR count). The number of carbonyl (C=O) groups is 1. The predicted octanol–water partition coefficient (Wildman–Crippen LogP) is 3.72. The molecule has 2 N–H and O–H groups in total. The number of para-hydroxylation sites is 2. The third-order valence-corrected chi connectivity index (χ3v) is 7.14. The monoisotopic (exact) mass is 428 g/mol. The first-order valence-electron chi connectivity index (χ1n) is 10.1. The highest BCUT2D eigenvalue weighted by Gasteiger charge is 2.25. The van der Waals surface area contributed by atoms with Crippen LogP contribution in [0.2, 0.25) is 0 Å². The van der Waals surface area contributed by atoms with Crippen molar-refractivity contribution in [3.63, 3.8) is 0 Å². The van der Waals surface area contributed by atoms with Crippen LogP contribution in [0.15, 0.2) is 53.4 Å². The van der Waals surface area contributed by atoms with Crippen molar-refractivity contribution in [2.45, 2.75) is 38.6 Å². The van der Waals surface area contributed by atoms with Gasteiger partial charge in [0.2, 0.25) is 10.0 Å². The SMILES string of the molecule is CCN(CC)S(=O)(=O)c1cccc(C(=O)NC(c2nc3ccccc3[nH]2)C(C)C)c1. The first-order chi connectivity index (χ1) is 14.3. The third kappa shape index (κ3) is 4.39. The Morgan fingerprint density at radius 3 is 2.43 bits per heavy atom. The van der Waals surface area contributed by atoms with E-state index in [1.807, 2.05) is 38.1 Å². The Balaban J connectivity index is 1.88. The Bertz CT molecular complexity index is 1100. The van der Waals surface area contributed by atoms with E-state index in [1.165, 1.54) is 16.4 Å². The van der Waals surface area contributed by atoms with Crippen LogP contribution in [-0.4, -0.2) is 41.7 Å². The van der Waals surface area contributed by atoms with E-state index in [-0.39, 0.29) is 22.8 Å². The Labute approximate surface area is 177 Å². The summed E-state index contributed by atoms with van der Waals surface area (Å²) in [6.07, 6.45) is 0. The number of H-pyrrole nitrogens is 1. The number of nitrogens with zero attached hydrogens (tertiary/aromatic N) is 2. The fraction of sp³-hybridized carbons (Fsp3) is 0.364. The molecule has 3 aromatic rings. The molecule has 0 aliphatic heterocycles. The molecule has 30 heavy (non-hydrogen) atoms. The Kier molecular flexibility index (Phi) is 6.58. The quantitative estimate of drug-likeness (QED) is 0.572. The van der Waals surface area contributed by atoms with Gasteiger partial charge in [0.25, 0.3) is 5.91 Å². The maximum Gasteiger partial charge on any atom is 0.251 e.